The van der Waals surface area contributed by atoms with Gasteiger partial charge in [0.15, 0.2) is 0 Å². The molecule has 0 spiro atoms. The van der Waals surface area contributed by atoms with Crippen LogP contribution in [0.15, 0.2) is 29.0 Å². The van der Waals surface area contributed by atoms with Crippen LogP contribution >= 0.6 is 22.7 Å². The zero-order valence-electron chi connectivity index (χ0n) is 9.35. The summed E-state index contributed by atoms with van der Waals surface area (Å²) in [5.41, 5.74) is 1.08. The molecule has 2 aromatic rings. The van der Waals surface area contributed by atoms with Gasteiger partial charge in [0.2, 0.25) is 0 Å². The topological polar surface area (TPSA) is 20.2 Å². The minimum Gasteiger partial charge on any atom is -0.388 e. The third-order valence-electron chi connectivity index (χ3n) is 2.62. The Morgan fingerprint density at radius 1 is 1.38 bits per heavy atom. The second-order valence-corrected chi connectivity index (χ2v) is 6.13. The molecule has 3 heteroatoms. The number of aryl methyl sites for hydroxylation is 2. The molecule has 2 heterocycles. The molecule has 0 aliphatic heterocycles. The Balaban J connectivity index is 1.78. The van der Waals surface area contributed by atoms with Gasteiger partial charge in [-0.05, 0) is 54.6 Å². The minimum atomic E-state index is -0.287. The number of aliphatic hydroxyl groups excluding tert-OH is 1. The molecule has 2 rings (SSSR count). The molecule has 0 aromatic carbocycles. The second kappa shape index (κ2) is 5.62. The van der Waals surface area contributed by atoms with E-state index in [1.54, 1.807) is 22.7 Å². The van der Waals surface area contributed by atoms with Crippen molar-refractivity contribution in [2.24, 2.45) is 0 Å². The van der Waals surface area contributed by atoms with E-state index in [9.17, 15) is 5.11 Å². The van der Waals surface area contributed by atoms with E-state index in [0.717, 1.165) is 24.8 Å². The first kappa shape index (κ1) is 11.8. The summed E-state index contributed by atoms with van der Waals surface area (Å²) >= 11 is 3.50. The van der Waals surface area contributed by atoms with Gasteiger partial charge in [0.1, 0.15) is 0 Å². The summed E-state index contributed by atoms with van der Waals surface area (Å²) in [6, 6.07) is 6.32. The summed E-state index contributed by atoms with van der Waals surface area (Å²) in [6.45, 7) is 2.08. The lowest BCUT2D eigenvalue weighted by atomic mass is 10.1. The first-order valence-corrected chi connectivity index (χ1v) is 7.27. The number of hydrogen-bond acceptors (Lipinski definition) is 3. The van der Waals surface area contributed by atoms with Crippen LogP contribution in [-0.4, -0.2) is 5.11 Å². The molecule has 0 fully saturated rings. The molecule has 0 radical (unpaired) electrons. The first-order chi connectivity index (χ1) is 7.75. The average molecular weight is 252 g/mol. The van der Waals surface area contributed by atoms with Crippen LogP contribution < -0.4 is 0 Å². The molecule has 16 heavy (non-hydrogen) atoms. The number of rotatable bonds is 5. The molecule has 0 aliphatic rings. The molecule has 1 N–H and O–H groups in total. The number of aliphatic hydroxyl groups is 1. The van der Waals surface area contributed by atoms with E-state index in [2.05, 4.69) is 35.9 Å². The van der Waals surface area contributed by atoms with E-state index in [0.29, 0.717) is 0 Å². The highest BCUT2D eigenvalue weighted by atomic mass is 32.1. The third-order valence-corrected chi connectivity index (χ3v) is 4.43. The van der Waals surface area contributed by atoms with Crippen LogP contribution in [0.2, 0.25) is 0 Å². The molecule has 0 saturated heterocycles. The van der Waals surface area contributed by atoms with Gasteiger partial charge in [-0.2, -0.15) is 0 Å². The highest BCUT2D eigenvalue weighted by Crippen LogP contribution is 2.24. The van der Waals surface area contributed by atoms with E-state index in [1.165, 1.54) is 9.75 Å². The predicted molar refractivity (Wildman–Crippen MR) is 71.3 cm³/mol. The Morgan fingerprint density at radius 3 is 2.88 bits per heavy atom. The lowest BCUT2D eigenvalue weighted by Gasteiger charge is -2.07. The van der Waals surface area contributed by atoms with E-state index in [1.807, 2.05) is 0 Å². The fourth-order valence-corrected chi connectivity index (χ4v) is 3.23. The molecule has 0 saturated carbocycles. The van der Waals surface area contributed by atoms with Crippen LogP contribution in [0.1, 0.15) is 34.3 Å². The summed E-state index contributed by atoms with van der Waals surface area (Å²) in [7, 11) is 0. The highest BCUT2D eigenvalue weighted by Gasteiger charge is 2.08. The molecular weight excluding hydrogens is 236 g/mol. The maximum atomic E-state index is 9.97. The van der Waals surface area contributed by atoms with Crippen molar-refractivity contribution in [2.45, 2.75) is 32.3 Å². The normalized spacial score (nSPS) is 12.9. The average Bonchev–Trinajstić information content (AvgIpc) is 2.89. The first-order valence-electron chi connectivity index (χ1n) is 5.51. The summed E-state index contributed by atoms with van der Waals surface area (Å²) in [4.78, 5) is 2.68. The fraction of sp³-hybridized carbons (Fsp3) is 0.385. The van der Waals surface area contributed by atoms with E-state index < -0.39 is 0 Å². The third kappa shape index (κ3) is 3.17. The van der Waals surface area contributed by atoms with Crippen molar-refractivity contribution in [1.29, 1.82) is 0 Å². The Labute approximate surface area is 104 Å². The van der Waals surface area contributed by atoms with Crippen molar-refractivity contribution in [1.82, 2.24) is 0 Å². The zero-order valence-corrected chi connectivity index (χ0v) is 11.0. The van der Waals surface area contributed by atoms with Gasteiger partial charge in [0.25, 0.3) is 0 Å². The number of hydrogen-bond donors (Lipinski definition) is 1. The maximum absolute atomic E-state index is 9.97. The molecular formula is C13H16OS2. The lowest BCUT2D eigenvalue weighted by molar-refractivity contribution is 0.165. The van der Waals surface area contributed by atoms with Crippen molar-refractivity contribution in [3.63, 3.8) is 0 Å². The Morgan fingerprint density at radius 2 is 2.25 bits per heavy atom. The van der Waals surface area contributed by atoms with Gasteiger partial charge in [-0.25, -0.2) is 0 Å². The predicted octanol–water partition coefficient (Wildman–Crippen LogP) is 4.17. The zero-order chi connectivity index (χ0) is 11.4. The van der Waals surface area contributed by atoms with Gasteiger partial charge in [0, 0.05) is 9.75 Å². The van der Waals surface area contributed by atoms with Gasteiger partial charge in [-0.15, -0.1) is 22.7 Å². The Hall–Kier alpha value is -0.640. The maximum Gasteiger partial charge on any atom is 0.0798 e. The van der Waals surface area contributed by atoms with E-state index in [-0.39, 0.29) is 6.10 Å². The molecule has 0 aliphatic carbocycles. The molecule has 1 atom stereocenters. The fourth-order valence-electron chi connectivity index (χ4n) is 1.73. The van der Waals surface area contributed by atoms with Gasteiger partial charge >= 0.3 is 0 Å². The molecule has 0 bridgehead atoms. The van der Waals surface area contributed by atoms with Crippen LogP contribution in [0.5, 0.6) is 0 Å². The van der Waals surface area contributed by atoms with Crippen LogP contribution in [0.25, 0.3) is 0 Å². The molecule has 86 valence electrons. The van der Waals surface area contributed by atoms with Crippen molar-refractivity contribution in [3.05, 3.63) is 44.3 Å². The van der Waals surface area contributed by atoms with Crippen molar-refractivity contribution in [3.8, 4) is 0 Å². The summed E-state index contributed by atoms with van der Waals surface area (Å²) in [6.07, 6.45) is 2.70. The number of thiophene rings is 2. The van der Waals surface area contributed by atoms with Gasteiger partial charge in [-0.3, -0.25) is 0 Å². The van der Waals surface area contributed by atoms with Crippen LogP contribution in [0.4, 0.5) is 0 Å². The van der Waals surface area contributed by atoms with Gasteiger partial charge in [-0.1, -0.05) is 6.07 Å². The van der Waals surface area contributed by atoms with Crippen molar-refractivity contribution in [2.75, 3.05) is 0 Å². The van der Waals surface area contributed by atoms with Crippen LogP contribution in [0, 0.1) is 6.92 Å². The summed E-state index contributed by atoms with van der Waals surface area (Å²) in [5.74, 6) is 0. The smallest absolute Gasteiger partial charge is 0.0798 e. The lowest BCUT2D eigenvalue weighted by Crippen LogP contribution is -1.96. The standard InChI is InChI=1S/C13H16OS2/c1-10-8-11(9-16-10)13(14)6-2-4-12-5-3-7-15-12/h3,5,7-9,13-14H,2,4,6H2,1H3. The molecule has 0 amide bonds. The molecule has 1 unspecified atom stereocenters. The van der Waals surface area contributed by atoms with Crippen LogP contribution in [-0.2, 0) is 6.42 Å². The highest BCUT2D eigenvalue weighted by molar-refractivity contribution is 7.10. The van der Waals surface area contributed by atoms with Gasteiger partial charge < -0.3 is 5.11 Å². The summed E-state index contributed by atoms with van der Waals surface area (Å²) < 4.78 is 0. The molecule has 1 nitrogen and oxygen atoms in total. The largest absolute Gasteiger partial charge is 0.388 e. The van der Waals surface area contributed by atoms with Crippen molar-refractivity contribution < 1.29 is 5.11 Å². The minimum absolute atomic E-state index is 0.287. The van der Waals surface area contributed by atoms with E-state index >= 15 is 0 Å². The van der Waals surface area contributed by atoms with Crippen LogP contribution in [0.3, 0.4) is 0 Å². The van der Waals surface area contributed by atoms with Gasteiger partial charge in [0.05, 0.1) is 6.10 Å². The quantitative estimate of drug-likeness (QED) is 0.846. The SMILES string of the molecule is Cc1cc(C(O)CCCc2cccs2)cs1. The van der Waals surface area contributed by atoms with Crippen molar-refractivity contribution >= 4 is 22.7 Å². The monoisotopic (exact) mass is 252 g/mol. The Kier molecular flexibility index (Phi) is 4.16. The second-order valence-electron chi connectivity index (χ2n) is 3.98. The Bertz CT molecular complexity index is 417. The van der Waals surface area contributed by atoms with E-state index in [4.69, 9.17) is 0 Å². The molecule has 2 aromatic heterocycles. The summed E-state index contributed by atoms with van der Waals surface area (Å²) in [5, 5.41) is 14.1.